The molecule has 0 bridgehead atoms. The van der Waals surface area contributed by atoms with Crippen LogP contribution in [0.4, 0.5) is 0 Å². The molecule has 118 valence electrons. The molecule has 0 saturated carbocycles. The highest BCUT2D eigenvalue weighted by Gasteiger charge is 2.11. The van der Waals surface area contributed by atoms with Crippen molar-refractivity contribution in [1.29, 1.82) is 0 Å². The van der Waals surface area contributed by atoms with Gasteiger partial charge >= 0.3 is 0 Å². The van der Waals surface area contributed by atoms with Gasteiger partial charge in [-0.25, -0.2) is 14.7 Å². The molecule has 1 saturated heterocycles. The lowest BCUT2D eigenvalue weighted by Gasteiger charge is -2.27. The average molecular weight is 430 g/mol. The van der Waals surface area contributed by atoms with E-state index in [0.29, 0.717) is 12.5 Å². The van der Waals surface area contributed by atoms with Gasteiger partial charge in [-0.15, -0.1) is 24.0 Å². The van der Waals surface area contributed by atoms with Crippen molar-refractivity contribution in [2.75, 3.05) is 24.6 Å². The second-order valence-electron chi connectivity index (χ2n) is 4.75. The highest BCUT2D eigenvalue weighted by molar-refractivity contribution is 14.0. The molecule has 3 heterocycles. The van der Waals surface area contributed by atoms with Gasteiger partial charge in [0.05, 0.1) is 6.54 Å². The SMILES string of the molecule is I.NC(=NCc1ccnc(-n2cccn2)c1)N1CCSCC1. The second-order valence-corrected chi connectivity index (χ2v) is 5.97. The molecule has 1 aliphatic rings. The van der Waals surface area contributed by atoms with Crippen molar-refractivity contribution >= 4 is 41.7 Å². The van der Waals surface area contributed by atoms with Gasteiger partial charge in [0.25, 0.3) is 0 Å². The highest BCUT2D eigenvalue weighted by atomic mass is 127. The molecule has 2 aromatic heterocycles. The Morgan fingerprint density at radius 1 is 1.32 bits per heavy atom. The Kier molecular flexibility index (Phi) is 6.49. The van der Waals surface area contributed by atoms with Crippen LogP contribution in [0.1, 0.15) is 5.56 Å². The van der Waals surface area contributed by atoms with Crippen LogP contribution >= 0.6 is 35.7 Å². The van der Waals surface area contributed by atoms with E-state index in [0.717, 1.165) is 36.0 Å². The molecule has 6 nitrogen and oxygen atoms in total. The molecule has 1 aliphatic heterocycles. The number of aromatic nitrogens is 3. The molecule has 0 aromatic carbocycles. The predicted octanol–water partition coefficient (Wildman–Crippen LogP) is 1.75. The summed E-state index contributed by atoms with van der Waals surface area (Å²) in [7, 11) is 0. The third-order valence-corrected chi connectivity index (χ3v) is 4.25. The van der Waals surface area contributed by atoms with Crippen molar-refractivity contribution in [1.82, 2.24) is 19.7 Å². The van der Waals surface area contributed by atoms with E-state index in [9.17, 15) is 0 Å². The van der Waals surface area contributed by atoms with Gasteiger partial charge in [0, 0.05) is 43.2 Å². The fraction of sp³-hybridized carbons (Fsp3) is 0.357. The number of pyridine rings is 1. The Morgan fingerprint density at radius 3 is 2.86 bits per heavy atom. The summed E-state index contributed by atoms with van der Waals surface area (Å²) in [5.41, 5.74) is 7.14. The Labute approximate surface area is 151 Å². The summed E-state index contributed by atoms with van der Waals surface area (Å²) in [5, 5.41) is 4.18. The smallest absolute Gasteiger partial charge is 0.191 e. The normalized spacial score (nSPS) is 15.5. The predicted molar refractivity (Wildman–Crippen MR) is 101 cm³/mol. The molecule has 0 radical (unpaired) electrons. The Morgan fingerprint density at radius 2 is 2.14 bits per heavy atom. The molecule has 3 rings (SSSR count). The van der Waals surface area contributed by atoms with Crippen LogP contribution in [0.15, 0.2) is 41.8 Å². The van der Waals surface area contributed by atoms with Gasteiger partial charge in [-0.3, -0.25) is 0 Å². The minimum absolute atomic E-state index is 0. The quantitative estimate of drug-likeness (QED) is 0.457. The zero-order chi connectivity index (χ0) is 14.5. The molecule has 0 aliphatic carbocycles. The summed E-state index contributed by atoms with van der Waals surface area (Å²) in [6.07, 6.45) is 5.38. The molecule has 22 heavy (non-hydrogen) atoms. The van der Waals surface area contributed by atoms with Gasteiger partial charge in [-0.05, 0) is 23.8 Å². The lowest BCUT2D eigenvalue weighted by Crippen LogP contribution is -2.42. The first-order valence-corrected chi connectivity index (χ1v) is 8.06. The van der Waals surface area contributed by atoms with Crippen LogP contribution in [0, 0.1) is 0 Å². The molecule has 8 heteroatoms. The molecule has 0 amide bonds. The highest BCUT2D eigenvalue weighted by Crippen LogP contribution is 2.10. The van der Waals surface area contributed by atoms with Crippen LogP contribution in [0.5, 0.6) is 0 Å². The number of guanidine groups is 1. The van der Waals surface area contributed by atoms with Gasteiger partial charge in [-0.1, -0.05) is 0 Å². The summed E-state index contributed by atoms with van der Waals surface area (Å²) in [6.45, 7) is 2.52. The second kappa shape index (κ2) is 8.37. The van der Waals surface area contributed by atoms with Crippen LogP contribution in [0.2, 0.25) is 0 Å². The fourth-order valence-electron chi connectivity index (χ4n) is 2.15. The van der Waals surface area contributed by atoms with Crippen molar-refractivity contribution < 1.29 is 0 Å². The Balaban J connectivity index is 0.00000176. The first kappa shape index (κ1) is 17.1. The monoisotopic (exact) mass is 430 g/mol. The van der Waals surface area contributed by atoms with Crippen LogP contribution in [-0.2, 0) is 6.54 Å². The zero-order valence-corrected chi connectivity index (χ0v) is 15.3. The molecular weight excluding hydrogens is 411 g/mol. The minimum atomic E-state index is 0. The van der Waals surface area contributed by atoms with E-state index in [-0.39, 0.29) is 24.0 Å². The molecule has 1 fully saturated rings. The molecule has 0 unspecified atom stereocenters. The lowest BCUT2D eigenvalue weighted by atomic mass is 10.2. The number of rotatable bonds is 3. The van der Waals surface area contributed by atoms with E-state index < -0.39 is 0 Å². The van der Waals surface area contributed by atoms with Crippen LogP contribution in [0.3, 0.4) is 0 Å². The van der Waals surface area contributed by atoms with Gasteiger partial charge in [0.2, 0.25) is 0 Å². The summed E-state index contributed by atoms with van der Waals surface area (Å²) in [4.78, 5) is 10.9. The number of halogens is 1. The van der Waals surface area contributed by atoms with Crippen molar-refractivity contribution in [2.45, 2.75) is 6.54 Å². The van der Waals surface area contributed by atoms with E-state index in [4.69, 9.17) is 5.73 Å². The van der Waals surface area contributed by atoms with Crippen LogP contribution in [-0.4, -0.2) is 50.2 Å². The Hall–Kier alpha value is -1.29. The van der Waals surface area contributed by atoms with Crippen LogP contribution < -0.4 is 5.73 Å². The molecule has 0 spiro atoms. The van der Waals surface area contributed by atoms with E-state index >= 15 is 0 Å². The zero-order valence-electron chi connectivity index (χ0n) is 12.1. The van der Waals surface area contributed by atoms with Gasteiger partial charge < -0.3 is 10.6 Å². The number of aliphatic imine (C=N–C) groups is 1. The number of nitrogens with zero attached hydrogens (tertiary/aromatic N) is 5. The van der Waals surface area contributed by atoms with E-state index in [1.54, 1.807) is 17.1 Å². The van der Waals surface area contributed by atoms with Gasteiger partial charge in [0.1, 0.15) is 0 Å². The van der Waals surface area contributed by atoms with Crippen molar-refractivity contribution in [3.63, 3.8) is 0 Å². The number of nitrogens with two attached hydrogens (primary N) is 1. The van der Waals surface area contributed by atoms with E-state index in [2.05, 4.69) is 20.0 Å². The first-order valence-electron chi connectivity index (χ1n) is 6.90. The molecule has 2 aromatic rings. The summed E-state index contributed by atoms with van der Waals surface area (Å²) in [6, 6.07) is 5.81. The third kappa shape index (κ3) is 4.35. The maximum Gasteiger partial charge on any atom is 0.191 e. The minimum Gasteiger partial charge on any atom is -0.370 e. The Bertz CT molecular complexity index is 610. The maximum atomic E-state index is 6.06. The number of thioether (sulfide) groups is 1. The maximum absolute atomic E-state index is 6.06. The number of hydrogen-bond acceptors (Lipinski definition) is 4. The standard InChI is InChI=1S/C14H18N6S.HI/c15-14(19-6-8-21-9-7-19)17-11-12-2-4-16-13(10-12)20-5-1-3-18-20;/h1-5,10H,6-9,11H2,(H2,15,17);1H. The summed E-state index contributed by atoms with van der Waals surface area (Å²) in [5.74, 6) is 3.66. The third-order valence-electron chi connectivity index (χ3n) is 3.31. The topological polar surface area (TPSA) is 72.3 Å². The number of hydrogen-bond donors (Lipinski definition) is 1. The van der Waals surface area contributed by atoms with E-state index in [1.165, 1.54) is 0 Å². The largest absolute Gasteiger partial charge is 0.370 e. The summed E-state index contributed by atoms with van der Waals surface area (Å²) < 4.78 is 1.73. The van der Waals surface area contributed by atoms with Gasteiger partial charge in [0.15, 0.2) is 11.8 Å². The first-order chi connectivity index (χ1) is 10.3. The van der Waals surface area contributed by atoms with Crippen molar-refractivity contribution in [2.24, 2.45) is 10.7 Å². The van der Waals surface area contributed by atoms with E-state index in [1.807, 2.05) is 36.2 Å². The van der Waals surface area contributed by atoms with Crippen LogP contribution in [0.25, 0.3) is 5.82 Å². The molecule has 0 atom stereocenters. The fourth-order valence-corrected chi connectivity index (χ4v) is 3.06. The van der Waals surface area contributed by atoms with Gasteiger partial charge in [-0.2, -0.15) is 16.9 Å². The van der Waals surface area contributed by atoms with Crippen molar-refractivity contribution in [3.8, 4) is 5.82 Å². The van der Waals surface area contributed by atoms with Crippen molar-refractivity contribution in [3.05, 3.63) is 42.4 Å². The lowest BCUT2D eigenvalue weighted by molar-refractivity contribution is 0.455. The average Bonchev–Trinajstić information content (AvgIpc) is 3.08. The molecular formula is C14H19IN6S. The summed E-state index contributed by atoms with van der Waals surface area (Å²) >= 11 is 1.96. The molecule has 2 N–H and O–H groups in total.